The van der Waals surface area contributed by atoms with E-state index in [-0.39, 0.29) is 36.2 Å². The summed E-state index contributed by atoms with van der Waals surface area (Å²) in [6, 6.07) is 5.55. The predicted octanol–water partition coefficient (Wildman–Crippen LogP) is 2.50. The highest BCUT2D eigenvalue weighted by Gasteiger charge is 2.24. The SMILES string of the molecule is O=C(NC[C@@H](NCC(F)F)C(=O)Nc1ccc(N2CCOCC2=O)cc1F)c1ccc(Cl)s1. The smallest absolute Gasteiger partial charge is 0.261 e. The molecule has 13 heteroatoms. The topological polar surface area (TPSA) is 99.8 Å². The molecule has 0 radical (unpaired) electrons. The second-order valence-electron chi connectivity index (χ2n) is 6.92. The fourth-order valence-corrected chi connectivity index (χ4v) is 3.95. The van der Waals surface area contributed by atoms with Gasteiger partial charge < -0.3 is 20.3 Å². The van der Waals surface area contributed by atoms with Crippen molar-refractivity contribution < 1.29 is 32.3 Å². The molecule has 0 saturated carbocycles. The van der Waals surface area contributed by atoms with Crippen LogP contribution in [0.5, 0.6) is 0 Å². The van der Waals surface area contributed by atoms with E-state index in [2.05, 4.69) is 16.0 Å². The average molecular weight is 505 g/mol. The van der Waals surface area contributed by atoms with E-state index in [1.807, 2.05) is 0 Å². The zero-order valence-corrected chi connectivity index (χ0v) is 18.6. The number of rotatable bonds is 9. The van der Waals surface area contributed by atoms with Crippen LogP contribution in [0, 0.1) is 5.82 Å². The molecule has 1 atom stereocenters. The third-order valence-electron chi connectivity index (χ3n) is 4.61. The summed E-state index contributed by atoms with van der Waals surface area (Å²) in [6.45, 7) is -0.666. The standard InChI is InChI=1S/C20H20ClF3N4O4S/c21-16-4-3-15(33-16)20(31)26-8-14(25-9-17(23)24)19(30)27-13-2-1-11(7-12(13)22)28-5-6-32-10-18(28)29/h1-4,7,14,17,25H,5-6,8-10H2,(H,26,31)(H,27,30)/t14-/m1/s1. The van der Waals surface area contributed by atoms with Crippen molar-refractivity contribution >= 4 is 52.0 Å². The molecule has 1 aliphatic heterocycles. The molecule has 0 spiro atoms. The van der Waals surface area contributed by atoms with E-state index in [0.29, 0.717) is 16.6 Å². The monoisotopic (exact) mass is 504 g/mol. The fourth-order valence-electron chi connectivity index (χ4n) is 2.99. The normalized spacial score (nSPS) is 14.9. The van der Waals surface area contributed by atoms with E-state index in [4.69, 9.17) is 16.3 Å². The first-order valence-corrected chi connectivity index (χ1v) is 11.0. The van der Waals surface area contributed by atoms with Crippen LogP contribution in [0.2, 0.25) is 4.34 Å². The van der Waals surface area contributed by atoms with Gasteiger partial charge in [-0.05, 0) is 30.3 Å². The average Bonchev–Trinajstić information content (AvgIpc) is 3.21. The van der Waals surface area contributed by atoms with Crippen LogP contribution in [0.3, 0.4) is 0 Å². The lowest BCUT2D eigenvalue weighted by Crippen LogP contribution is -2.49. The Balaban J connectivity index is 1.66. The molecular weight excluding hydrogens is 485 g/mol. The Hall–Kier alpha value is -2.67. The largest absolute Gasteiger partial charge is 0.370 e. The highest BCUT2D eigenvalue weighted by atomic mass is 35.5. The molecule has 3 N–H and O–H groups in total. The first-order chi connectivity index (χ1) is 15.7. The Labute approximate surface area is 196 Å². The van der Waals surface area contributed by atoms with Gasteiger partial charge in [-0.3, -0.25) is 19.7 Å². The number of thiophene rings is 1. The van der Waals surface area contributed by atoms with Gasteiger partial charge in [0.25, 0.3) is 18.2 Å². The van der Waals surface area contributed by atoms with Crippen molar-refractivity contribution in [3.63, 3.8) is 0 Å². The Kier molecular flexibility index (Phi) is 8.67. The predicted molar refractivity (Wildman–Crippen MR) is 118 cm³/mol. The second-order valence-corrected chi connectivity index (χ2v) is 8.63. The van der Waals surface area contributed by atoms with Gasteiger partial charge in [0.1, 0.15) is 18.5 Å². The van der Waals surface area contributed by atoms with Gasteiger partial charge in [-0.25, -0.2) is 13.2 Å². The van der Waals surface area contributed by atoms with Crippen LogP contribution in [-0.4, -0.2) is 63.0 Å². The summed E-state index contributed by atoms with van der Waals surface area (Å²) in [5, 5.41) is 7.14. The number of benzene rings is 1. The Morgan fingerprint density at radius 1 is 1.21 bits per heavy atom. The van der Waals surface area contributed by atoms with Crippen molar-refractivity contribution in [3.8, 4) is 0 Å². The van der Waals surface area contributed by atoms with Gasteiger partial charge in [0.2, 0.25) is 5.91 Å². The number of nitrogens with zero attached hydrogens (tertiary/aromatic N) is 1. The lowest BCUT2D eigenvalue weighted by molar-refractivity contribution is -0.125. The zero-order valence-electron chi connectivity index (χ0n) is 17.1. The number of morpholine rings is 1. The Bertz CT molecular complexity index is 1020. The number of anilines is 2. The molecule has 33 heavy (non-hydrogen) atoms. The van der Waals surface area contributed by atoms with Crippen molar-refractivity contribution in [2.75, 3.05) is 43.1 Å². The molecule has 3 rings (SSSR count). The molecule has 1 aromatic carbocycles. The van der Waals surface area contributed by atoms with E-state index < -0.39 is 36.6 Å². The van der Waals surface area contributed by atoms with E-state index in [1.165, 1.54) is 29.2 Å². The van der Waals surface area contributed by atoms with Crippen molar-refractivity contribution in [2.24, 2.45) is 0 Å². The molecule has 2 aromatic rings. The molecule has 0 aliphatic carbocycles. The third kappa shape index (κ3) is 6.90. The van der Waals surface area contributed by atoms with E-state index in [0.717, 1.165) is 17.4 Å². The van der Waals surface area contributed by atoms with Crippen LogP contribution in [0.4, 0.5) is 24.5 Å². The number of hydrogen-bond acceptors (Lipinski definition) is 6. The number of alkyl halides is 2. The molecule has 2 heterocycles. The first-order valence-electron chi connectivity index (χ1n) is 9.78. The number of carbonyl (C=O) groups excluding carboxylic acids is 3. The molecule has 3 amide bonds. The highest BCUT2D eigenvalue weighted by molar-refractivity contribution is 7.18. The molecule has 1 aliphatic rings. The highest BCUT2D eigenvalue weighted by Crippen LogP contribution is 2.24. The minimum Gasteiger partial charge on any atom is -0.370 e. The number of nitrogens with one attached hydrogen (secondary N) is 3. The summed E-state index contributed by atoms with van der Waals surface area (Å²) < 4.78 is 45.4. The van der Waals surface area contributed by atoms with Gasteiger partial charge in [-0.1, -0.05) is 11.6 Å². The van der Waals surface area contributed by atoms with Gasteiger partial charge in [-0.2, -0.15) is 0 Å². The van der Waals surface area contributed by atoms with E-state index >= 15 is 0 Å². The van der Waals surface area contributed by atoms with Crippen LogP contribution >= 0.6 is 22.9 Å². The van der Waals surface area contributed by atoms with Crippen LogP contribution < -0.4 is 20.9 Å². The molecule has 0 bridgehead atoms. The lowest BCUT2D eigenvalue weighted by Gasteiger charge is -2.27. The molecule has 8 nitrogen and oxygen atoms in total. The third-order valence-corrected chi connectivity index (χ3v) is 5.84. The minimum atomic E-state index is -2.74. The molecule has 0 unspecified atom stereocenters. The van der Waals surface area contributed by atoms with Crippen LogP contribution in [0.1, 0.15) is 9.67 Å². The van der Waals surface area contributed by atoms with Gasteiger partial charge >= 0.3 is 0 Å². The summed E-state index contributed by atoms with van der Waals surface area (Å²) in [6.07, 6.45) is -2.74. The second kappa shape index (κ2) is 11.5. The van der Waals surface area contributed by atoms with Gasteiger partial charge in [-0.15, -0.1) is 11.3 Å². The summed E-state index contributed by atoms with van der Waals surface area (Å²) in [4.78, 5) is 38.4. The maximum atomic E-state index is 14.6. The molecule has 1 fully saturated rings. The Morgan fingerprint density at radius 3 is 2.64 bits per heavy atom. The van der Waals surface area contributed by atoms with Crippen molar-refractivity contribution in [1.29, 1.82) is 0 Å². The minimum absolute atomic E-state index is 0.110. The number of ether oxygens (including phenoxy) is 1. The van der Waals surface area contributed by atoms with Gasteiger partial charge in [0.15, 0.2) is 0 Å². The van der Waals surface area contributed by atoms with Crippen molar-refractivity contribution in [2.45, 2.75) is 12.5 Å². The van der Waals surface area contributed by atoms with Crippen LogP contribution in [0.15, 0.2) is 30.3 Å². The van der Waals surface area contributed by atoms with Gasteiger partial charge in [0, 0.05) is 18.8 Å². The van der Waals surface area contributed by atoms with E-state index in [9.17, 15) is 27.6 Å². The molecule has 1 aromatic heterocycles. The van der Waals surface area contributed by atoms with Crippen molar-refractivity contribution in [3.05, 3.63) is 45.4 Å². The number of amides is 3. The number of hydrogen-bond donors (Lipinski definition) is 3. The van der Waals surface area contributed by atoms with Crippen LogP contribution in [0.25, 0.3) is 0 Å². The Morgan fingerprint density at radius 2 is 2.00 bits per heavy atom. The summed E-state index contributed by atoms with van der Waals surface area (Å²) in [5.41, 5.74) is 0.0951. The molecule has 178 valence electrons. The van der Waals surface area contributed by atoms with Crippen molar-refractivity contribution in [1.82, 2.24) is 10.6 Å². The fraction of sp³-hybridized carbons (Fsp3) is 0.350. The number of halogens is 4. The van der Waals surface area contributed by atoms with Crippen LogP contribution in [-0.2, 0) is 14.3 Å². The summed E-state index contributed by atoms with van der Waals surface area (Å²) in [7, 11) is 0. The zero-order chi connectivity index (χ0) is 24.0. The lowest BCUT2D eigenvalue weighted by atomic mass is 10.2. The summed E-state index contributed by atoms with van der Waals surface area (Å²) >= 11 is 6.81. The maximum Gasteiger partial charge on any atom is 0.261 e. The first kappa shape index (κ1) is 25.0. The quantitative estimate of drug-likeness (QED) is 0.487. The van der Waals surface area contributed by atoms with Gasteiger partial charge in [0.05, 0.1) is 28.1 Å². The maximum absolute atomic E-state index is 14.6. The molecule has 1 saturated heterocycles. The number of carbonyl (C=O) groups is 3. The van der Waals surface area contributed by atoms with E-state index in [1.54, 1.807) is 0 Å². The summed E-state index contributed by atoms with van der Waals surface area (Å²) in [5.74, 6) is -2.50. The molecular formula is C20H20ClF3N4O4S.